The highest BCUT2D eigenvalue weighted by atomic mass is 16.3. The topological polar surface area (TPSA) is 49.3 Å². The van der Waals surface area contributed by atoms with Crippen LogP contribution in [0.1, 0.15) is 22.6 Å². The first-order chi connectivity index (χ1) is 9.72. The highest BCUT2D eigenvalue weighted by molar-refractivity contribution is 5.78. The average Bonchev–Trinajstić information content (AvgIpc) is 2.40. The second-order valence-corrected chi connectivity index (χ2v) is 5.25. The van der Waals surface area contributed by atoms with Crippen molar-refractivity contribution in [2.24, 2.45) is 0 Å². The molecule has 1 amide bonds. The highest BCUT2D eigenvalue weighted by Gasteiger charge is 2.25. The van der Waals surface area contributed by atoms with Gasteiger partial charge < -0.3 is 10.4 Å². The number of phenols is 1. The molecule has 0 saturated heterocycles. The molecular weight excluding hydrogens is 250 g/mol. The van der Waals surface area contributed by atoms with E-state index in [4.69, 9.17) is 0 Å². The Labute approximate surface area is 118 Å². The fourth-order valence-electron chi connectivity index (χ4n) is 2.70. The fourth-order valence-corrected chi connectivity index (χ4v) is 2.70. The third-order valence-corrected chi connectivity index (χ3v) is 3.78. The summed E-state index contributed by atoms with van der Waals surface area (Å²) in [5.41, 5.74) is 3.57. The Morgan fingerprint density at radius 1 is 1.20 bits per heavy atom. The molecule has 1 unspecified atom stereocenters. The van der Waals surface area contributed by atoms with E-state index in [0.717, 1.165) is 12.0 Å². The van der Waals surface area contributed by atoms with Gasteiger partial charge in [0.15, 0.2) is 0 Å². The van der Waals surface area contributed by atoms with E-state index in [1.165, 1.54) is 11.1 Å². The molecule has 20 heavy (non-hydrogen) atoms. The Morgan fingerprint density at radius 3 is 2.85 bits per heavy atom. The predicted molar refractivity (Wildman–Crippen MR) is 77.7 cm³/mol. The van der Waals surface area contributed by atoms with Crippen LogP contribution < -0.4 is 5.32 Å². The van der Waals surface area contributed by atoms with Crippen molar-refractivity contribution in [3.63, 3.8) is 0 Å². The number of hydrogen-bond donors (Lipinski definition) is 2. The van der Waals surface area contributed by atoms with Crippen LogP contribution in [0.25, 0.3) is 0 Å². The van der Waals surface area contributed by atoms with Gasteiger partial charge in [0.05, 0.1) is 6.42 Å². The van der Waals surface area contributed by atoms with Gasteiger partial charge in [-0.25, -0.2) is 0 Å². The van der Waals surface area contributed by atoms with Gasteiger partial charge in [-0.15, -0.1) is 0 Å². The molecule has 102 valence electrons. The second kappa shape index (κ2) is 5.37. The number of amides is 1. The normalized spacial score (nSPS) is 16.1. The van der Waals surface area contributed by atoms with Gasteiger partial charge in [0.25, 0.3) is 0 Å². The Bertz CT molecular complexity index is 636. The Morgan fingerprint density at radius 2 is 2.05 bits per heavy atom. The summed E-state index contributed by atoms with van der Waals surface area (Å²) in [4.78, 5) is 11.9. The summed E-state index contributed by atoms with van der Waals surface area (Å²) < 4.78 is 0. The molecule has 0 saturated carbocycles. The van der Waals surface area contributed by atoms with Crippen molar-refractivity contribution >= 4 is 5.91 Å². The molecule has 0 spiro atoms. The summed E-state index contributed by atoms with van der Waals surface area (Å²) in [5.74, 6) is 0.641. The maximum Gasteiger partial charge on any atom is 0.224 e. The van der Waals surface area contributed by atoms with Crippen molar-refractivity contribution in [3.8, 4) is 5.75 Å². The standard InChI is InChI=1S/C17H17NO2/c19-15-6-3-4-12(8-15)9-17(20)18-11-14-10-13-5-1-2-7-16(13)14/h1-8,14,19H,9-11H2,(H,18,20). The van der Waals surface area contributed by atoms with Gasteiger partial charge in [-0.2, -0.15) is 0 Å². The molecule has 2 aromatic carbocycles. The number of hydrogen-bond acceptors (Lipinski definition) is 2. The largest absolute Gasteiger partial charge is 0.508 e. The number of benzene rings is 2. The zero-order valence-electron chi connectivity index (χ0n) is 11.2. The second-order valence-electron chi connectivity index (χ2n) is 5.25. The van der Waals surface area contributed by atoms with Crippen molar-refractivity contribution in [1.82, 2.24) is 5.32 Å². The van der Waals surface area contributed by atoms with Crippen molar-refractivity contribution < 1.29 is 9.90 Å². The number of nitrogens with one attached hydrogen (secondary N) is 1. The number of carbonyl (C=O) groups is 1. The summed E-state index contributed by atoms with van der Waals surface area (Å²) in [7, 11) is 0. The molecule has 1 aliphatic carbocycles. The zero-order valence-corrected chi connectivity index (χ0v) is 11.2. The lowest BCUT2D eigenvalue weighted by molar-refractivity contribution is -0.120. The van der Waals surface area contributed by atoms with Crippen molar-refractivity contribution in [2.75, 3.05) is 6.54 Å². The summed E-state index contributed by atoms with van der Waals surface area (Å²) in [6, 6.07) is 15.2. The van der Waals surface area contributed by atoms with Gasteiger partial charge in [-0.3, -0.25) is 4.79 Å². The predicted octanol–water partition coefficient (Wildman–Crippen LogP) is 2.39. The quantitative estimate of drug-likeness (QED) is 0.893. The van der Waals surface area contributed by atoms with E-state index >= 15 is 0 Å². The van der Waals surface area contributed by atoms with E-state index in [1.807, 2.05) is 12.1 Å². The SMILES string of the molecule is O=C(Cc1cccc(O)c1)NCC1Cc2ccccc21. The van der Waals surface area contributed by atoms with E-state index in [9.17, 15) is 9.90 Å². The summed E-state index contributed by atoms with van der Waals surface area (Å²) in [5, 5.41) is 12.3. The van der Waals surface area contributed by atoms with Crippen LogP contribution in [0.3, 0.4) is 0 Å². The zero-order chi connectivity index (χ0) is 13.9. The Hall–Kier alpha value is -2.29. The van der Waals surface area contributed by atoms with Crippen LogP contribution >= 0.6 is 0 Å². The molecule has 3 rings (SSSR count). The molecule has 0 heterocycles. The Kier molecular flexibility index (Phi) is 3.42. The van der Waals surface area contributed by atoms with Gasteiger partial charge in [0.1, 0.15) is 5.75 Å². The van der Waals surface area contributed by atoms with Gasteiger partial charge in [0, 0.05) is 12.5 Å². The molecule has 2 N–H and O–H groups in total. The van der Waals surface area contributed by atoms with Crippen LogP contribution in [0.15, 0.2) is 48.5 Å². The molecular formula is C17H17NO2. The van der Waals surface area contributed by atoms with Crippen molar-refractivity contribution in [2.45, 2.75) is 18.8 Å². The number of aromatic hydroxyl groups is 1. The maximum absolute atomic E-state index is 11.9. The molecule has 1 atom stereocenters. The molecule has 0 fully saturated rings. The molecule has 0 aromatic heterocycles. The van der Waals surface area contributed by atoms with Crippen LogP contribution in [-0.4, -0.2) is 17.6 Å². The molecule has 2 aromatic rings. The third kappa shape index (κ3) is 2.67. The molecule has 1 aliphatic rings. The first-order valence-corrected chi connectivity index (χ1v) is 6.85. The molecule has 0 radical (unpaired) electrons. The van der Waals surface area contributed by atoms with E-state index in [0.29, 0.717) is 18.9 Å². The number of phenolic OH excluding ortho intramolecular Hbond substituents is 1. The first kappa shape index (κ1) is 12.7. The number of carbonyl (C=O) groups excluding carboxylic acids is 1. The minimum atomic E-state index is -0.0000175. The Balaban J connectivity index is 1.51. The molecule has 0 bridgehead atoms. The van der Waals surface area contributed by atoms with Gasteiger partial charge in [-0.05, 0) is 35.2 Å². The number of rotatable bonds is 4. The lowest BCUT2D eigenvalue weighted by Gasteiger charge is -2.30. The first-order valence-electron chi connectivity index (χ1n) is 6.85. The molecule has 0 aliphatic heterocycles. The monoisotopic (exact) mass is 267 g/mol. The van der Waals surface area contributed by atoms with Gasteiger partial charge in [-0.1, -0.05) is 36.4 Å². The van der Waals surface area contributed by atoms with Crippen molar-refractivity contribution in [1.29, 1.82) is 0 Å². The summed E-state index contributed by atoms with van der Waals surface area (Å²) in [6.45, 7) is 0.689. The number of fused-ring (bicyclic) bond motifs is 1. The fraction of sp³-hybridized carbons (Fsp3) is 0.235. The van der Waals surface area contributed by atoms with Crippen LogP contribution in [0.5, 0.6) is 5.75 Å². The van der Waals surface area contributed by atoms with Crippen LogP contribution in [0.4, 0.5) is 0 Å². The van der Waals surface area contributed by atoms with Crippen molar-refractivity contribution in [3.05, 3.63) is 65.2 Å². The van der Waals surface area contributed by atoms with E-state index in [1.54, 1.807) is 18.2 Å². The van der Waals surface area contributed by atoms with E-state index in [-0.39, 0.29) is 11.7 Å². The third-order valence-electron chi connectivity index (χ3n) is 3.78. The molecule has 3 nitrogen and oxygen atoms in total. The van der Waals surface area contributed by atoms with Gasteiger partial charge >= 0.3 is 0 Å². The van der Waals surface area contributed by atoms with E-state index < -0.39 is 0 Å². The summed E-state index contributed by atoms with van der Waals surface area (Å²) in [6.07, 6.45) is 1.35. The smallest absolute Gasteiger partial charge is 0.224 e. The van der Waals surface area contributed by atoms with Gasteiger partial charge in [0.2, 0.25) is 5.91 Å². The van der Waals surface area contributed by atoms with E-state index in [2.05, 4.69) is 23.5 Å². The summed E-state index contributed by atoms with van der Waals surface area (Å²) >= 11 is 0. The van der Waals surface area contributed by atoms with Crippen LogP contribution in [0.2, 0.25) is 0 Å². The van der Waals surface area contributed by atoms with Crippen LogP contribution in [-0.2, 0) is 17.6 Å². The lowest BCUT2D eigenvalue weighted by atomic mass is 9.77. The van der Waals surface area contributed by atoms with Crippen LogP contribution in [0, 0.1) is 0 Å². The molecule has 3 heteroatoms. The highest BCUT2D eigenvalue weighted by Crippen LogP contribution is 2.33. The maximum atomic E-state index is 11.9. The lowest BCUT2D eigenvalue weighted by Crippen LogP contribution is -2.33. The minimum absolute atomic E-state index is 0.0000175. The average molecular weight is 267 g/mol. The minimum Gasteiger partial charge on any atom is -0.508 e.